The van der Waals surface area contributed by atoms with Crippen molar-refractivity contribution in [2.45, 2.75) is 44.7 Å². The van der Waals surface area contributed by atoms with Gasteiger partial charge in [0.15, 0.2) is 11.6 Å². The topological polar surface area (TPSA) is 58.1 Å². The molecule has 4 rings (SSSR count). The van der Waals surface area contributed by atoms with Gasteiger partial charge >= 0.3 is 6.03 Å². The lowest BCUT2D eigenvalue weighted by molar-refractivity contribution is 0.0173. The minimum Gasteiger partial charge on any atom is -0.318 e. The number of hydrogen-bond acceptors (Lipinski definition) is 3. The highest BCUT2D eigenvalue weighted by Gasteiger charge is 2.44. The predicted octanol–water partition coefficient (Wildman–Crippen LogP) is 3.75. The predicted molar refractivity (Wildman–Crippen MR) is 89.1 cm³/mol. The van der Waals surface area contributed by atoms with E-state index in [4.69, 9.17) is 0 Å². The molecule has 0 saturated carbocycles. The number of carbonyl (C=O) groups excluding carboxylic acids is 1. The first-order valence-corrected chi connectivity index (χ1v) is 8.30. The number of urea groups is 1. The fourth-order valence-electron chi connectivity index (χ4n) is 3.72. The molecule has 2 amide bonds. The van der Waals surface area contributed by atoms with Gasteiger partial charge in [-0.05, 0) is 50.3 Å². The van der Waals surface area contributed by atoms with E-state index in [1.807, 2.05) is 30.0 Å². The summed E-state index contributed by atoms with van der Waals surface area (Å²) in [5, 5.41) is 2.98. The number of piperidine rings is 1. The van der Waals surface area contributed by atoms with Crippen molar-refractivity contribution in [2.75, 3.05) is 5.32 Å². The molecule has 1 aromatic heterocycles. The van der Waals surface area contributed by atoms with E-state index in [-0.39, 0.29) is 6.03 Å². The summed E-state index contributed by atoms with van der Waals surface area (Å²) in [6.45, 7) is 1.94. The molecular weight excluding hydrogens is 307 g/mol. The number of rotatable bonds is 2. The van der Waals surface area contributed by atoms with Crippen molar-refractivity contribution < 1.29 is 9.18 Å². The maximum atomic E-state index is 13.0. The third-order valence-electron chi connectivity index (χ3n) is 4.99. The number of nitrogens with one attached hydrogen (secondary N) is 1. The highest BCUT2D eigenvalue weighted by molar-refractivity contribution is 5.91. The van der Waals surface area contributed by atoms with E-state index in [0.29, 0.717) is 23.6 Å². The summed E-state index contributed by atoms with van der Waals surface area (Å²) in [5.41, 5.74) is 2.47. The van der Waals surface area contributed by atoms with Gasteiger partial charge in [-0.15, -0.1) is 0 Å². The number of hydrogen-bond donors (Lipinski definition) is 1. The van der Waals surface area contributed by atoms with E-state index in [0.717, 1.165) is 42.8 Å². The Labute approximate surface area is 139 Å². The van der Waals surface area contributed by atoms with Crippen LogP contribution in [0.25, 0.3) is 11.4 Å². The molecule has 124 valence electrons. The van der Waals surface area contributed by atoms with Gasteiger partial charge in [0.25, 0.3) is 0 Å². The maximum Gasteiger partial charge on any atom is 0.322 e. The van der Waals surface area contributed by atoms with Crippen molar-refractivity contribution in [1.29, 1.82) is 0 Å². The van der Waals surface area contributed by atoms with Crippen molar-refractivity contribution in [3.63, 3.8) is 0 Å². The van der Waals surface area contributed by atoms with Crippen LogP contribution < -0.4 is 5.32 Å². The Morgan fingerprint density at radius 1 is 1.25 bits per heavy atom. The average Bonchev–Trinajstić information content (AvgIpc) is 2.58. The second-order valence-corrected chi connectivity index (χ2v) is 6.57. The van der Waals surface area contributed by atoms with Crippen molar-refractivity contribution in [3.8, 4) is 11.4 Å². The van der Waals surface area contributed by atoms with Crippen LogP contribution in [0.5, 0.6) is 0 Å². The maximum absolute atomic E-state index is 13.0. The van der Waals surface area contributed by atoms with E-state index in [2.05, 4.69) is 15.3 Å². The Morgan fingerprint density at radius 2 is 1.96 bits per heavy atom. The number of fused-ring (bicyclic) bond motifs is 2. The molecule has 3 heterocycles. The Kier molecular flexibility index (Phi) is 3.67. The van der Waals surface area contributed by atoms with E-state index >= 15 is 0 Å². The summed E-state index contributed by atoms with van der Waals surface area (Å²) < 4.78 is 13.0. The van der Waals surface area contributed by atoms with Gasteiger partial charge in [0, 0.05) is 23.3 Å². The average molecular weight is 326 g/mol. The van der Waals surface area contributed by atoms with E-state index < -0.39 is 5.82 Å². The zero-order valence-electron chi connectivity index (χ0n) is 13.5. The standard InChI is InChI=1S/C18H19FN4O/c1-11-5-6-13(7-16(11)17-20-9-12(19)10-21-17)22-18(24)23-14-3-2-4-15(23)8-14/h5-7,9-10,14-15H,2-4,8H2,1H3,(H,22,24). The van der Waals surface area contributed by atoms with Crippen molar-refractivity contribution in [1.82, 2.24) is 14.9 Å². The van der Waals surface area contributed by atoms with Gasteiger partial charge in [-0.25, -0.2) is 19.2 Å². The van der Waals surface area contributed by atoms with Gasteiger partial charge in [0.05, 0.1) is 12.4 Å². The molecule has 6 heteroatoms. The molecule has 2 aliphatic rings. The fourth-order valence-corrected chi connectivity index (χ4v) is 3.72. The third-order valence-corrected chi connectivity index (χ3v) is 4.99. The first-order chi connectivity index (χ1) is 11.6. The Balaban J connectivity index is 1.55. The number of anilines is 1. The summed E-state index contributed by atoms with van der Waals surface area (Å²) in [5.74, 6) is -0.0176. The van der Waals surface area contributed by atoms with Crippen molar-refractivity contribution in [2.24, 2.45) is 0 Å². The summed E-state index contributed by atoms with van der Waals surface area (Å²) >= 11 is 0. The summed E-state index contributed by atoms with van der Waals surface area (Å²) in [6, 6.07) is 6.38. The van der Waals surface area contributed by atoms with Gasteiger partial charge in [0.2, 0.25) is 0 Å². The fraction of sp³-hybridized carbons (Fsp3) is 0.389. The molecule has 24 heavy (non-hydrogen) atoms. The van der Waals surface area contributed by atoms with Crippen molar-refractivity contribution in [3.05, 3.63) is 42.0 Å². The zero-order chi connectivity index (χ0) is 16.7. The molecule has 2 atom stereocenters. The van der Waals surface area contributed by atoms with Crippen LogP contribution >= 0.6 is 0 Å². The normalized spacial score (nSPS) is 22.0. The molecule has 0 spiro atoms. The van der Waals surface area contributed by atoms with Gasteiger partial charge in [-0.1, -0.05) is 6.07 Å². The molecule has 0 radical (unpaired) electrons. The van der Waals surface area contributed by atoms with Gasteiger partial charge in [-0.3, -0.25) is 0 Å². The number of halogens is 1. The highest BCUT2D eigenvalue weighted by Crippen LogP contribution is 2.38. The monoisotopic (exact) mass is 326 g/mol. The Hall–Kier alpha value is -2.50. The largest absolute Gasteiger partial charge is 0.322 e. The number of aromatic nitrogens is 2. The first-order valence-electron chi connectivity index (χ1n) is 8.30. The van der Waals surface area contributed by atoms with Crippen LogP contribution in [0.3, 0.4) is 0 Å². The molecule has 0 aliphatic carbocycles. The van der Waals surface area contributed by atoms with Crippen LogP contribution in [-0.4, -0.2) is 33.0 Å². The number of nitrogens with zero attached hydrogens (tertiary/aromatic N) is 3. The van der Waals surface area contributed by atoms with Gasteiger partial charge in [0.1, 0.15) is 0 Å². The lowest BCUT2D eigenvalue weighted by Gasteiger charge is -2.52. The smallest absolute Gasteiger partial charge is 0.318 e. The lowest BCUT2D eigenvalue weighted by Crippen LogP contribution is -2.62. The van der Waals surface area contributed by atoms with E-state index in [1.165, 1.54) is 6.42 Å². The summed E-state index contributed by atoms with van der Waals surface area (Å²) in [4.78, 5) is 22.5. The summed E-state index contributed by atoms with van der Waals surface area (Å²) in [6.07, 6.45) is 6.85. The minimum atomic E-state index is -0.467. The minimum absolute atomic E-state index is 0.0363. The number of carbonyl (C=O) groups is 1. The molecule has 1 aromatic carbocycles. The van der Waals surface area contributed by atoms with Crippen LogP contribution in [-0.2, 0) is 0 Å². The highest BCUT2D eigenvalue weighted by atomic mass is 19.1. The Morgan fingerprint density at radius 3 is 2.62 bits per heavy atom. The summed E-state index contributed by atoms with van der Waals surface area (Å²) in [7, 11) is 0. The second-order valence-electron chi connectivity index (χ2n) is 6.57. The molecule has 5 nitrogen and oxygen atoms in total. The van der Waals surface area contributed by atoms with Crippen LogP contribution in [0.4, 0.5) is 14.9 Å². The van der Waals surface area contributed by atoms with Crippen LogP contribution in [0.15, 0.2) is 30.6 Å². The number of amides is 2. The third kappa shape index (κ3) is 2.62. The molecule has 2 fully saturated rings. The van der Waals surface area contributed by atoms with E-state index in [1.54, 1.807) is 0 Å². The molecule has 2 aromatic rings. The SMILES string of the molecule is Cc1ccc(NC(=O)N2C3CCCC2C3)cc1-c1ncc(F)cn1. The van der Waals surface area contributed by atoms with Gasteiger partial charge in [-0.2, -0.15) is 0 Å². The quantitative estimate of drug-likeness (QED) is 0.914. The Bertz CT molecular complexity index is 763. The molecule has 1 N–H and O–H groups in total. The number of aryl methyl sites for hydroxylation is 1. The molecule has 2 aliphatic heterocycles. The zero-order valence-corrected chi connectivity index (χ0v) is 13.5. The molecular formula is C18H19FN4O. The van der Waals surface area contributed by atoms with E-state index in [9.17, 15) is 9.18 Å². The molecule has 2 unspecified atom stereocenters. The number of benzene rings is 1. The lowest BCUT2D eigenvalue weighted by atomic mass is 9.80. The van der Waals surface area contributed by atoms with Gasteiger partial charge < -0.3 is 10.2 Å². The van der Waals surface area contributed by atoms with Crippen LogP contribution in [0.1, 0.15) is 31.2 Å². The first kappa shape index (κ1) is 15.1. The molecule has 2 saturated heterocycles. The van der Waals surface area contributed by atoms with Crippen LogP contribution in [0.2, 0.25) is 0 Å². The molecule has 2 bridgehead atoms. The van der Waals surface area contributed by atoms with Crippen LogP contribution in [0, 0.1) is 12.7 Å². The van der Waals surface area contributed by atoms with Crippen molar-refractivity contribution >= 4 is 11.7 Å². The second kappa shape index (κ2) is 5.85.